The fraction of sp³-hybridized carbons (Fsp3) is 0.231. The van der Waals surface area contributed by atoms with Gasteiger partial charge in [0.1, 0.15) is 0 Å². The predicted octanol–water partition coefficient (Wildman–Crippen LogP) is 3.17. The minimum atomic E-state index is -1.03. The Labute approximate surface area is 131 Å². The maximum Gasteiger partial charge on any atom is 0.356 e. The number of rotatable bonds is 2. The van der Waals surface area contributed by atoms with E-state index < -0.39 is 5.97 Å². The molecule has 2 aromatic rings. The Kier molecular flexibility index (Phi) is 3.66. The van der Waals surface area contributed by atoms with Crippen molar-refractivity contribution in [3.8, 4) is 5.69 Å². The normalized spacial score (nSPS) is 14.1. The van der Waals surface area contributed by atoms with E-state index in [-0.39, 0.29) is 5.69 Å². The molecule has 0 bridgehead atoms. The minimum Gasteiger partial charge on any atom is -0.476 e. The molecule has 20 heavy (non-hydrogen) atoms. The first-order valence-corrected chi connectivity index (χ1v) is 7.54. The molecular formula is C13H10Br2N2O3. The molecule has 1 aliphatic heterocycles. The highest BCUT2D eigenvalue weighted by Gasteiger charge is 2.26. The summed E-state index contributed by atoms with van der Waals surface area (Å²) < 4.78 is 8.81. The highest BCUT2D eigenvalue weighted by atomic mass is 79.9. The number of benzene rings is 1. The summed E-state index contributed by atoms with van der Waals surface area (Å²) in [5.74, 6) is -1.03. The van der Waals surface area contributed by atoms with Crippen molar-refractivity contribution in [2.75, 3.05) is 6.61 Å². The van der Waals surface area contributed by atoms with Crippen molar-refractivity contribution >= 4 is 37.8 Å². The van der Waals surface area contributed by atoms with Gasteiger partial charge in [-0.15, -0.1) is 0 Å². The van der Waals surface area contributed by atoms with Crippen LogP contribution in [0, 0.1) is 0 Å². The number of carboxylic acids is 1. The molecule has 0 amide bonds. The number of aromatic nitrogens is 2. The smallest absolute Gasteiger partial charge is 0.356 e. The van der Waals surface area contributed by atoms with Crippen molar-refractivity contribution in [1.82, 2.24) is 9.78 Å². The van der Waals surface area contributed by atoms with Crippen molar-refractivity contribution in [3.05, 3.63) is 44.1 Å². The van der Waals surface area contributed by atoms with Crippen molar-refractivity contribution in [2.45, 2.75) is 13.0 Å². The quantitative estimate of drug-likeness (QED) is 0.839. The third kappa shape index (κ3) is 2.30. The largest absolute Gasteiger partial charge is 0.476 e. The SMILES string of the molecule is O=C(O)c1nn(-c2cc(Br)ccc2Br)c2c1COCC2. The first-order valence-electron chi connectivity index (χ1n) is 5.95. The van der Waals surface area contributed by atoms with E-state index in [1.54, 1.807) is 4.68 Å². The van der Waals surface area contributed by atoms with Gasteiger partial charge in [-0.25, -0.2) is 9.48 Å². The molecule has 0 saturated heterocycles. The van der Waals surface area contributed by atoms with Crippen LogP contribution in [0.3, 0.4) is 0 Å². The number of nitrogens with zero attached hydrogens (tertiary/aromatic N) is 2. The van der Waals surface area contributed by atoms with Crippen LogP contribution in [0.4, 0.5) is 0 Å². The van der Waals surface area contributed by atoms with Crippen LogP contribution >= 0.6 is 31.9 Å². The van der Waals surface area contributed by atoms with E-state index in [2.05, 4.69) is 37.0 Å². The molecule has 1 aromatic carbocycles. The average Bonchev–Trinajstić information content (AvgIpc) is 2.81. The summed E-state index contributed by atoms with van der Waals surface area (Å²) in [6.07, 6.45) is 0.647. The van der Waals surface area contributed by atoms with Crippen LogP contribution < -0.4 is 0 Å². The molecule has 0 aliphatic carbocycles. The van der Waals surface area contributed by atoms with Crippen LogP contribution in [-0.2, 0) is 17.8 Å². The maximum atomic E-state index is 11.3. The van der Waals surface area contributed by atoms with E-state index in [4.69, 9.17) is 4.74 Å². The van der Waals surface area contributed by atoms with Crippen molar-refractivity contribution in [1.29, 1.82) is 0 Å². The number of fused-ring (bicyclic) bond motifs is 1. The summed E-state index contributed by atoms with van der Waals surface area (Å²) >= 11 is 6.90. The molecule has 2 heterocycles. The van der Waals surface area contributed by atoms with E-state index in [0.717, 1.165) is 20.3 Å². The molecule has 1 aromatic heterocycles. The zero-order chi connectivity index (χ0) is 14.3. The number of aromatic carboxylic acids is 1. The summed E-state index contributed by atoms with van der Waals surface area (Å²) in [4.78, 5) is 11.3. The standard InChI is InChI=1S/C13H10Br2N2O3/c14-7-1-2-9(15)11(5-7)17-10-3-4-20-6-8(10)12(16-17)13(18)19/h1-2,5H,3-4,6H2,(H,18,19). The molecule has 0 unspecified atom stereocenters. The molecule has 0 atom stereocenters. The highest BCUT2D eigenvalue weighted by Crippen LogP contribution is 2.29. The Balaban J connectivity index is 2.23. The van der Waals surface area contributed by atoms with Gasteiger partial charge >= 0.3 is 5.97 Å². The van der Waals surface area contributed by atoms with Crippen LogP contribution in [-0.4, -0.2) is 27.5 Å². The van der Waals surface area contributed by atoms with Crippen LogP contribution in [0.25, 0.3) is 5.69 Å². The lowest BCUT2D eigenvalue weighted by Crippen LogP contribution is -2.14. The van der Waals surface area contributed by atoms with Gasteiger partial charge in [0.25, 0.3) is 0 Å². The lowest BCUT2D eigenvalue weighted by molar-refractivity contribution is 0.0677. The van der Waals surface area contributed by atoms with Crippen LogP contribution in [0.2, 0.25) is 0 Å². The Morgan fingerprint density at radius 2 is 2.20 bits per heavy atom. The van der Waals surface area contributed by atoms with E-state index >= 15 is 0 Å². The van der Waals surface area contributed by atoms with E-state index in [1.165, 1.54) is 0 Å². The fourth-order valence-corrected chi connectivity index (χ4v) is 3.02. The van der Waals surface area contributed by atoms with Crippen LogP contribution in [0.1, 0.15) is 21.7 Å². The van der Waals surface area contributed by atoms with Gasteiger partial charge in [-0.3, -0.25) is 0 Å². The lowest BCUT2D eigenvalue weighted by atomic mass is 10.1. The van der Waals surface area contributed by atoms with Crippen LogP contribution in [0.5, 0.6) is 0 Å². The molecule has 5 nitrogen and oxygen atoms in total. The second-order valence-corrected chi connectivity index (χ2v) is 6.16. The molecule has 7 heteroatoms. The first kappa shape index (κ1) is 13.8. The zero-order valence-electron chi connectivity index (χ0n) is 10.3. The van der Waals surface area contributed by atoms with E-state index in [1.807, 2.05) is 18.2 Å². The lowest BCUT2D eigenvalue weighted by Gasteiger charge is -2.15. The van der Waals surface area contributed by atoms with E-state index in [9.17, 15) is 9.90 Å². The third-order valence-electron chi connectivity index (χ3n) is 3.16. The minimum absolute atomic E-state index is 0.0616. The second kappa shape index (κ2) is 5.31. The Bertz CT molecular complexity index is 697. The number of hydrogen-bond donors (Lipinski definition) is 1. The Hall–Kier alpha value is -1.18. The van der Waals surface area contributed by atoms with Crippen LogP contribution in [0.15, 0.2) is 27.1 Å². The first-order chi connectivity index (χ1) is 9.58. The van der Waals surface area contributed by atoms with Gasteiger partial charge in [-0.2, -0.15) is 5.10 Å². The predicted molar refractivity (Wildman–Crippen MR) is 79.3 cm³/mol. The molecule has 0 fully saturated rings. The maximum absolute atomic E-state index is 11.3. The van der Waals surface area contributed by atoms with Gasteiger partial charge in [0.2, 0.25) is 0 Å². The summed E-state index contributed by atoms with van der Waals surface area (Å²) in [6, 6.07) is 5.70. The van der Waals surface area contributed by atoms with Gasteiger partial charge in [-0.1, -0.05) is 15.9 Å². The van der Waals surface area contributed by atoms with Crippen molar-refractivity contribution in [3.63, 3.8) is 0 Å². The number of ether oxygens (including phenoxy) is 1. The Morgan fingerprint density at radius 3 is 2.95 bits per heavy atom. The zero-order valence-corrected chi connectivity index (χ0v) is 13.4. The van der Waals surface area contributed by atoms with Crippen molar-refractivity contribution in [2.24, 2.45) is 0 Å². The molecule has 1 N–H and O–H groups in total. The van der Waals surface area contributed by atoms with Gasteiger partial charge in [0, 0.05) is 20.9 Å². The van der Waals surface area contributed by atoms with Gasteiger partial charge in [0.05, 0.1) is 24.6 Å². The fourth-order valence-electron chi connectivity index (χ4n) is 2.26. The molecule has 0 spiro atoms. The molecular weight excluding hydrogens is 392 g/mol. The topological polar surface area (TPSA) is 64.3 Å². The summed E-state index contributed by atoms with van der Waals surface area (Å²) in [6.45, 7) is 0.867. The molecule has 104 valence electrons. The van der Waals surface area contributed by atoms with Crippen molar-refractivity contribution < 1.29 is 14.6 Å². The molecule has 3 rings (SSSR count). The van der Waals surface area contributed by atoms with Gasteiger partial charge in [0.15, 0.2) is 5.69 Å². The number of carboxylic acid groups (broad SMARTS) is 1. The number of hydrogen-bond acceptors (Lipinski definition) is 3. The van der Waals surface area contributed by atoms with Gasteiger partial charge < -0.3 is 9.84 Å². The second-order valence-electron chi connectivity index (χ2n) is 4.39. The number of carbonyl (C=O) groups is 1. The molecule has 1 aliphatic rings. The summed E-state index contributed by atoms with van der Waals surface area (Å²) in [5.41, 5.74) is 2.43. The summed E-state index contributed by atoms with van der Waals surface area (Å²) in [7, 11) is 0. The van der Waals surface area contributed by atoms with Gasteiger partial charge in [-0.05, 0) is 34.1 Å². The summed E-state index contributed by atoms with van der Waals surface area (Å²) in [5, 5.41) is 13.5. The highest BCUT2D eigenvalue weighted by molar-refractivity contribution is 9.11. The van der Waals surface area contributed by atoms with E-state index in [0.29, 0.717) is 25.2 Å². The monoisotopic (exact) mass is 400 g/mol. The number of halogens is 2. The third-order valence-corrected chi connectivity index (χ3v) is 4.32. The average molecular weight is 402 g/mol. The Morgan fingerprint density at radius 1 is 1.40 bits per heavy atom. The molecule has 0 saturated carbocycles. The molecule has 0 radical (unpaired) electrons.